The molecule has 3 aromatic rings. The number of aryl methyl sites for hydroxylation is 2. The molecule has 176 valence electrons. The molecule has 3 aromatic carbocycles. The molecule has 0 fully saturated rings. The third kappa shape index (κ3) is 5.65. The lowest BCUT2D eigenvalue weighted by Gasteiger charge is -2.19. The van der Waals surface area contributed by atoms with Crippen LogP contribution in [0.5, 0.6) is 0 Å². The third-order valence-corrected chi connectivity index (χ3v) is 6.14. The fraction of sp³-hybridized carbons (Fsp3) is 0.167. The zero-order valence-electron chi connectivity index (χ0n) is 18.6. The second-order valence-electron chi connectivity index (χ2n) is 7.71. The number of nitro groups is 1. The fourth-order valence-corrected chi connectivity index (χ4v) is 3.87. The number of hydrogen-bond acceptors (Lipinski definition) is 7. The first-order valence-electron chi connectivity index (χ1n) is 10.1. The Morgan fingerprint density at radius 2 is 1.68 bits per heavy atom. The molecule has 0 aliphatic rings. The fourth-order valence-electron chi connectivity index (χ4n) is 3.22. The van der Waals surface area contributed by atoms with Crippen LogP contribution in [0.15, 0.2) is 71.6 Å². The number of benzene rings is 3. The molecule has 0 saturated heterocycles. The van der Waals surface area contributed by atoms with Crippen molar-refractivity contribution in [2.45, 2.75) is 24.8 Å². The van der Waals surface area contributed by atoms with E-state index in [-0.39, 0.29) is 21.8 Å². The number of nitro benzene ring substituents is 1. The Kier molecular flexibility index (Phi) is 7.11. The molecule has 0 aliphatic carbocycles. The number of amides is 1. The summed E-state index contributed by atoms with van der Waals surface area (Å²) >= 11 is 0. The average molecular weight is 483 g/mol. The minimum atomic E-state index is -3.58. The molecule has 0 spiro atoms. The van der Waals surface area contributed by atoms with Crippen LogP contribution in [-0.4, -0.2) is 31.5 Å². The van der Waals surface area contributed by atoms with Crippen LogP contribution in [0.1, 0.15) is 33.2 Å². The molecule has 10 heteroatoms. The van der Waals surface area contributed by atoms with Crippen molar-refractivity contribution >= 4 is 33.1 Å². The predicted octanol–water partition coefficient (Wildman–Crippen LogP) is 4.15. The van der Waals surface area contributed by atoms with Gasteiger partial charge in [-0.2, -0.15) is 0 Å². The molecule has 0 bridgehead atoms. The summed E-state index contributed by atoms with van der Waals surface area (Å²) in [7, 11) is -3.58. The summed E-state index contributed by atoms with van der Waals surface area (Å²) in [5, 5.41) is 13.9. The molecule has 0 radical (unpaired) electrons. The van der Waals surface area contributed by atoms with E-state index in [1.54, 1.807) is 50.2 Å². The highest BCUT2D eigenvalue weighted by Gasteiger charge is 2.28. The number of carbonyl (C=O) groups is 2. The number of anilines is 1. The maximum Gasteiger partial charge on any atom is 0.339 e. The van der Waals surface area contributed by atoms with Crippen molar-refractivity contribution < 1.29 is 27.7 Å². The van der Waals surface area contributed by atoms with Crippen molar-refractivity contribution in [2.24, 2.45) is 0 Å². The quantitative estimate of drug-likeness (QED) is 0.304. The highest BCUT2D eigenvalue weighted by Crippen LogP contribution is 2.28. The van der Waals surface area contributed by atoms with Gasteiger partial charge in [0, 0.05) is 17.9 Å². The average Bonchev–Trinajstić information content (AvgIpc) is 2.78. The first-order valence-corrected chi connectivity index (χ1v) is 12.0. The van der Waals surface area contributed by atoms with Crippen molar-refractivity contribution in [2.75, 3.05) is 11.6 Å². The first-order chi connectivity index (χ1) is 16.0. The van der Waals surface area contributed by atoms with Gasteiger partial charge in [-0.1, -0.05) is 42.5 Å². The molecule has 9 nitrogen and oxygen atoms in total. The van der Waals surface area contributed by atoms with Crippen molar-refractivity contribution in [3.8, 4) is 0 Å². The van der Waals surface area contributed by atoms with Gasteiger partial charge in [0.25, 0.3) is 11.6 Å². The van der Waals surface area contributed by atoms with Gasteiger partial charge in [0.2, 0.25) is 6.10 Å². The van der Waals surface area contributed by atoms with Crippen LogP contribution in [0.2, 0.25) is 0 Å². The third-order valence-electron chi connectivity index (χ3n) is 5.03. The monoisotopic (exact) mass is 482 g/mol. The van der Waals surface area contributed by atoms with Crippen LogP contribution >= 0.6 is 0 Å². The summed E-state index contributed by atoms with van der Waals surface area (Å²) in [6.45, 7) is 3.29. The van der Waals surface area contributed by atoms with Crippen molar-refractivity contribution in [1.29, 1.82) is 0 Å². The Balaban J connectivity index is 1.97. The van der Waals surface area contributed by atoms with E-state index in [2.05, 4.69) is 5.32 Å². The van der Waals surface area contributed by atoms with Crippen LogP contribution in [0.3, 0.4) is 0 Å². The van der Waals surface area contributed by atoms with E-state index in [4.69, 9.17) is 4.74 Å². The van der Waals surface area contributed by atoms with Crippen LogP contribution in [0.4, 0.5) is 11.4 Å². The number of ether oxygens (including phenoxy) is 1. The highest BCUT2D eigenvalue weighted by atomic mass is 32.2. The van der Waals surface area contributed by atoms with Crippen LogP contribution in [-0.2, 0) is 19.4 Å². The lowest BCUT2D eigenvalue weighted by molar-refractivity contribution is -0.384. The van der Waals surface area contributed by atoms with Gasteiger partial charge in [0.15, 0.2) is 9.84 Å². The standard InChI is InChI=1S/C24H22N2O7S/c1-15-9-12-20(21(13-15)26(29)30)25-23(27)22(17-7-5-4-6-8-17)33-24(28)19-14-18(34(3,31)32)11-10-16(19)2/h4-14,22H,1-3H3,(H,25,27). The number of rotatable bonds is 7. The van der Waals surface area contributed by atoms with Crippen molar-refractivity contribution in [3.05, 3.63) is 99.1 Å². The topological polar surface area (TPSA) is 133 Å². The Morgan fingerprint density at radius 3 is 2.29 bits per heavy atom. The maximum atomic E-state index is 13.1. The molecule has 34 heavy (non-hydrogen) atoms. The number of esters is 1. The molecule has 1 N–H and O–H groups in total. The minimum Gasteiger partial charge on any atom is -0.444 e. The van der Waals surface area contributed by atoms with Gasteiger partial charge in [-0.25, -0.2) is 13.2 Å². The van der Waals surface area contributed by atoms with E-state index in [1.807, 2.05) is 0 Å². The van der Waals surface area contributed by atoms with E-state index in [0.717, 1.165) is 6.26 Å². The number of nitrogens with one attached hydrogen (secondary N) is 1. The summed E-state index contributed by atoms with van der Waals surface area (Å²) in [6.07, 6.45) is -0.433. The Labute approximate surface area is 196 Å². The van der Waals surface area contributed by atoms with E-state index in [0.29, 0.717) is 16.7 Å². The number of hydrogen-bond donors (Lipinski definition) is 1. The summed E-state index contributed by atoms with van der Waals surface area (Å²) < 4.78 is 29.3. The molecule has 1 atom stereocenters. The van der Waals surface area contributed by atoms with Gasteiger partial charge in [-0.05, 0) is 43.2 Å². The largest absolute Gasteiger partial charge is 0.444 e. The molecular formula is C24H22N2O7S. The lowest BCUT2D eigenvalue weighted by Crippen LogP contribution is -2.26. The van der Waals surface area contributed by atoms with E-state index in [1.165, 1.54) is 30.3 Å². The second kappa shape index (κ2) is 9.84. The Hall–Kier alpha value is -4.05. The molecule has 0 saturated carbocycles. The van der Waals surface area contributed by atoms with Crippen LogP contribution in [0.25, 0.3) is 0 Å². The SMILES string of the molecule is Cc1ccc(NC(=O)C(OC(=O)c2cc(S(C)(=O)=O)ccc2C)c2ccccc2)c([N+](=O)[O-])c1. The number of sulfone groups is 1. The van der Waals surface area contributed by atoms with Crippen LogP contribution < -0.4 is 5.32 Å². The van der Waals surface area contributed by atoms with Gasteiger partial charge < -0.3 is 10.1 Å². The number of nitrogens with zero attached hydrogens (tertiary/aromatic N) is 1. The van der Waals surface area contributed by atoms with Crippen LogP contribution in [0, 0.1) is 24.0 Å². The molecule has 1 amide bonds. The summed E-state index contributed by atoms with van der Waals surface area (Å²) in [6, 6.07) is 16.5. The zero-order valence-corrected chi connectivity index (χ0v) is 19.5. The van der Waals surface area contributed by atoms with Gasteiger partial charge in [-0.15, -0.1) is 0 Å². The smallest absolute Gasteiger partial charge is 0.339 e. The van der Waals surface area contributed by atoms with E-state index >= 15 is 0 Å². The Morgan fingerprint density at radius 1 is 1.00 bits per heavy atom. The molecule has 3 rings (SSSR count). The number of carbonyl (C=O) groups excluding carboxylic acids is 2. The van der Waals surface area contributed by atoms with Gasteiger partial charge >= 0.3 is 5.97 Å². The Bertz CT molecular complexity index is 1370. The normalized spacial score (nSPS) is 12.0. The summed E-state index contributed by atoms with van der Waals surface area (Å²) in [5.41, 5.74) is 1.06. The molecule has 1 unspecified atom stereocenters. The van der Waals surface area contributed by atoms with E-state index < -0.39 is 32.7 Å². The minimum absolute atomic E-state index is 0.0158. The summed E-state index contributed by atoms with van der Waals surface area (Å²) in [5.74, 6) is -1.71. The molecule has 0 aliphatic heterocycles. The van der Waals surface area contributed by atoms with E-state index in [9.17, 15) is 28.1 Å². The van der Waals surface area contributed by atoms with Gasteiger partial charge in [0.05, 0.1) is 15.4 Å². The first kappa shape index (κ1) is 24.6. The van der Waals surface area contributed by atoms with Crippen molar-refractivity contribution in [1.82, 2.24) is 0 Å². The predicted molar refractivity (Wildman–Crippen MR) is 125 cm³/mol. The van der Waals surface area contributed by atoms with Gasteiger partial charge in [0.1, 0.15) is 5.69 Å². The molecular weight excluding hydrogens is 460 g/mol. The second-order valence-corrected chi connectivity index (χ2v) is 9.73. The van der Waals surface area contributed by atoms with Crippen molar-refractivity contribution in [3.63, 3.8) is 0 Å². The zero-order chi connectivity index (χ0) is 25.0. The molecule has 0 heterocycles. The van der Waals surface area contributed by atoms with Gasteiger partial charge in [-0.3, -0.25) is 14.9 Å². The maximum absolute atomic E-state index is 13.1. The summed E-state index contributed by atoms with van der Waals surface area (Å²) in [4.78, 5) is 36.9. The molecule has 0 aromatic heterocycles. The highest BCUT2D eigenvalue weighted by molar-refractivity contribution is 7.90. The lowest BCUT2D eigenvalue weighted by atomic mass is 10.1.